The van der Waals surface area contributed by atoms with Gasteiger partial charge >= 0.3 is 6.18 Å². The van der Waals surface area contributed by atoms with Crippen molar-refractivity contribution in [3.8, 4) is 0 Å². The smallest absolute Gasteiger partial charge is 0.166 e. The molecule has 0 unspecified atom stereocenters. The van der Waals surface area contributed by atoms with Crippen LogP contribution in [0.1, 0.15) is 5.56 Å². The van der Waals surface area contributed by atoms with E-state index in [0.717, 1.165) is 12.1 Å². The molecule has 14 heavy (non-hydrogen) atoms. The van der Waals surface area contributed by atoms with Crippen LogP contribution in [-0.2, 0) is 6.18 Å². The first-order chi connectivity index (χ1) is 6.36. The molecule has 0 bridgehead atoms. The third-order valence-electron chi connectivity index (χ3n) is 1.40. The highest BCUT2D eigenvalue weighted by molar-refractivity contribution is 8.21. The SMILES string of the molecule is FC(F)(F)c1cc(Cl)c(SCl)c(Cl)c1. The van der Waals surface area contributed by atoms with Gasteiger partial charge in [-0.3, -0.25) is 0 Å². The third kappa shape index (κ3) is 2.63. The van der Waals surface area contributed by atoms with Gasteiger partial charge in [-0.1, -0.05) is 23.2 Å². The average molecular weight is 282 g/mol. The molecule has 0 saturated carbocycles. The fourth-order valence-electron chi connectivity index (χ4n) is 0.797. The lowest BCUT2D eigenvalue weighted by atomic mass is 10.2. The predicted octanol–water partition coefficient (Wildman–Crippen LogP) is 5.26. The summed E-state index contributed by atoms with van der Waals surface area (Å²) in [6.07, 6.45) is -4.46. The predicted molar refractivity (Wildman–Crippen MR) is 53.2 cm³/mol. The Kier molecular flexibility index (Phi) is 3.86. The van der Waals surface area contributed by atoms with Gasteiger partial charge in [0.05, 0.1) is 20.5 Å². The molecule has 0 spiro atoms. The minimum absolute atomic E-state index is 0.107. The molecule has 0 N–H and O–H groups in total. The number of alkyl halides is 3. The van der Waals surface area contributed by atoms with Gasteiger partial charge in [-0.05, 0) is 33.8 Å². The van der Waals surface area contributed by atoms with E-state index in [-0.39, 0.29) is 14.9 Å². The molecule has 7 heteroatoms. The maximum atomic E-state index is 12.2. The Morgan fingerprint density at radius 3 is 1.79 bits per heavy atom. The molecule has 0 aliphatic heterocycles. The standard InChI is InChI=1S/C7H2Cl3F3S/c8-4-1-3(7(11,12)13)2-5(9)6(4)14-10/h1-2H. The summed E-state index contributed by atoms with van der Waals surface area (Å²) in [4.78, 5) is 0.225. The van der Waals surface area contributed by atoms with Gasteiger partial charge in [0.15, 0.2) is 0 Å². The lowest BCUT2D eigenvalue weighted by Crippen LogP contribution is -2.04. The van der Waals surface area contributed by atoms with Gasteiger partial charge in [0.1, 0.15) is 0 Å². The summed E-state index contributed by atoms with van der Waals surface area (Å²) in [5.74, 6) is 0. The van der Waals surface area contributed by atoms with Crippen molar-refractivity contribution in [3.05, 3.63) is 27.7 Å². The van der Waals surface area contributed by atoms with E-state index < -0.39 is 11.7 Å². The molecule has 1 aromatic carbocycles. The van der Waals surface area contributed by atoms with Crippen molar-refractivity contribution in [2.45, 2.75) is 11.1 Å². The Bertz CT molecular complexity index is 328. The maximum absolute atomic E-state index is 12.2. The fraction of sp³-hybridized carbons (Fsp3) is 0.143. The zero-order valence-electron chi connectivity index (χ0n) is 6.33. The zero-order chi connectivity index (χ0) is 10.9. The van der Waals surface area contributed by atoms with Gasteiger partial charge in [0.2, 0.25) is 0 Å². The van der Waals surface area contributed by atoms with Crippen LogP contribution in [-0.4, -0.2) is 0 Å². The van der Waals surface area contributed by atoms with Crippen LogP contribution in [0.2, 0.25) is 10.0 Å². The summed E-state index contributed by atoms with van der Waals surface area (Å²) in [6.45, 7) is 0. The van der Waals surface area contributed by atoms with Gasteiger partial charge in [0.25, 0.3) is 0 Å². The van der Waals surface area contributed by atoms with E-state index in [0.29, 0.717) is 11.0 Å². The van der Waals surface area contributed by atoms with Crippen molar-refractivity contribution in [2.75, 3.05) is 0 Å². The summed E-state index contributed by atoms with van der Waals surface area (Å²) in [6, 6.07) is 1.58. The van der Waals surface area contributed by atoms with Crippen LogP contribution in [0.25, 0.3) is 0 Å². The molecule has 0 saturated heterocycles. The lowest BCUT2D eigenvalue weighted by molar-refractivity contribution is -0.137. The molecule has 0 aliphatic rings. The van der Waals surface area contributed by atoms with Crippen LogP contribution >= 0.6 is 44.9 Å². The number of hydrogen-bond acceptors (Lipinski definition) is 1. The average Bonchev–Trinajstić information content (AvgIpc) is 2.01. The van der Waals surface area contributed by atoms with Crippen molar-refractivity contribution in [3.63, 3.8) is 0 Å². The Hall–Kier alpha value is 0.230. The maximum Gasteiger partial charge on any atom is 0.416 e. The van der Waals surface area contributed by atoms with Crippen molar-refractivity contribution < 1.29 is 13.2 Å². The first kappa shape index (κ1) is 12.3. The second-order valence-corrected chi connectivity index (χ2v) is 4.18. The normalized spacial score (nSPS) is 11.9. The van der Waals surface area contributed by atoms with E-state index in [4.69, 9.17) is 33.9 Å². The van der Waals surface area contributed by atoms with Crippen LogP contribution in [0.5, 0.6) is 0 Å². The molecule has 78 valence electrons. The molecule has 0 atom stereocenters. The van der Waals surface area contributed by atoms with Crippen molar-refractivity contribution in [2.24, 2.45) is 0 Å². The van der Waals surface area contributed by atoms with Gasteiger partial charge in [-0.25, -0.2) is 0 Å². The molecule has 0 aromatic heterocycles. The summed E-state index contributed by atoms with van der Waals surface area (Å²) in [5.41, 5.74) is -0.887. The zero-order valence-corrected chi connectivity index (χ0v) is 9.42. The van der Waals surface area contributed by atoms with Crippen LogP contribution in [0, 0.1) is 0 Å². The van der Waals surface area contributed by atoms with E-state index in [1.807, 2.05) is 0 Å². The Balaban J connectivity index is 3.28. The molecule has 0 radical (unpaired) electrons. The molecule has 1 rings (SSSR count). The third-order valence-corrected chi connectivity index (χ3v) is 3.28. The van der Waals surface area contributed by atoms with Gasteiger partial charge in [0, 0.05) is 0 Å². The number of hydrogen-bond donors (Lipinski definition) is 0. The first-order valence-electron chi connectivity index (χ1n) is 3.21. The van der Waals surface area contributed by atoms with Crippen molar-refractivity contribution in [1.29, 1.82) is 0 Å². The highest BCUT2D eigenvalue weighted by atomic mass is 35.7. The fourth-order valence-corrected chi connectivity index (χ4v) is 2.52. The molecule has 0 amide bonds. The van der Waals surface area contributed by atoms with Crippen molar-refractivity contribution >= 4 is 44.9 Å². The second-order valence-electron chi connectivity index (χ2n) is 2.34. The molecule has 0 aliphatic carbocycles. The molecule has 0 fully saturated rings. The first-order valence-corrected chi connectivity index (χ1v) is 5.61. The van der Waals surface area contributed by atoms with Crippen molar-refractivity contribution in [1.82, 2.24) is 0 Å². The molecular formula is C7H2Cl3F3S. The topological polar surface area (TPSA) is 0 Å². The Morgan fingerprint density at radius 1 is 1.07 bits per heavy atom. The summed E-state index contributed by atoms with van der Waals surface area (Å²) in [5, 5.41) is -0.213. The van der Waals surface area contributed by atoms with Gasteiger partial charge in [-0.15, -0.1) is 0 Å². The molecule has 1 aromatic rings. The summed E-state index contributed by atoms with van der Waals surface area (Å²) >= 11 is 11.1. The van der Waals surface area contributed by atoms with E-state index >= 15 is 0 Å². The molecule has 0 heterocycles. The minimum atomic E-state index is -4.46. The number of rotatable bonds is 1. The Labute approximate surface area is 96.8 Å². The van der Waals surface area contributed by atoms with E-state index in [2.05, 4.69) is 0 Å². The van der Waals surface area contributed by atoms with E-state index in [1.165, 1.54) is 0 Å². The number of halogens is 6. The minimum Gasteiger partial charge on any atom is -0.166 e. The summed E-state index contributed by atoms with van der Waals surface area (Å²) < 4.78 is 36.7. The molecule has 0 nitrogen and oxygen atoms in total. The molecular weight excluding hydrogens is 279 g/mol. The highest BCUT2D eigenvalue weighted by Crippen LogP contribution is 2.41. The lowest BCUT2D eigenvalue weighted by Gasteiger charge is -2.09. The Morgan fingerprint density at radius 2 is 1.50 bits per heavy atom. The van der Waals surface area contributed by atoms with Gasteiger partial charge in [-0.2, -0.15) is 13.2 Å². The quantitative estimate of drug-likeness (QED) is 0.677. The van der Waals surface area contributed by atoms with Crippen LogP contribution in [0.15, 0.2) is 17.0 Å². The van der Waals surface area contributed by atoms with Crippen LogP contribution in [0.4, 0.5) is 13.2 Å². The van der Waals surface area contributed by atoms with Gasteiger partial charge < -0.3 is 0 Å². The number of benzene rings is 1. The van der Waals surface area contributed by atoms with Crippen LogP contribution < -0.4 is 0 Å². The van der Waals surface area contributed by atoms with Crippen LogP contribution in [0.3, 0.4) is 0 Å². The van der Waals surface area contributed by atoms with E-state index in [1.54, 1.807) is 0 Å². The monoisotopic (exact) mass is 280 g/mol. The highest BCUT2D eigenvalue weighted by Gasteiger charge is 2.31. The largest absolute Gasteiger partial charge is 0.416 e. The second kappa shape index (κ2) is 4.39. The summed E-state index contributed by atoms with van der Waals surface area (Å²) in [7, 11) is 6.05. The van der Waals surface area contributed by atoms with E-state index in [9.17, 15) is 13.2 Å².